The molecule has 0 saturated heterocycles. The summed E-state index contributed by atoms with van der Waals surface area (Å²) in [6.07, 6.45) is 7.18. The van der Waals surface area contributed by atoms with Crippen LogP contribution in [0, 0.1) is 22.7 Å². The fourth-order valence-corrected chi connectivity index (χ4v) is 9.03. The second-order valence-electron chi connectivity index (χ2n) is 9.65. The first-order chi connectivity index (χ1) is 9.80. The largest absolute Gasteiger partial charge is 0.392 e. The van der Waals surface area contributed by atoms with Gasteiger partial charge >= 0.3 is 0 Å². The first kappa shape index (κ1) is 19.1. The third-order valence-corrected chi connectivity index (χ3v) is 11.3. The molecule has 4 heteroatoms. The van der Waals surface area contributed by atoms with Gasteiger partial charge in [0.2, 0.25) is 0 Å². The maximum Gasteiger partial charge on any atom is 0.0683 e. The van der Waals surface area contributed by atoms with Gasteiger partial charge in [-0.2, -0.15) is 8.46 Å². The molecule has 5 atom stereocenters. The summed E-state index contributed by atoms with van der Waals surface area (Å²) in [4.78, 5) is 0. The number of aliphatic hydroxyl groups is 1. The Hall–Kier alpha value is 0.747. The van der Waals surface area contributed by atoms with Crippen LogP contribution in [-0.2, 0) is 0 Å². The highest BCUT2D eigenvalue weighted by molar-refractivity contribution is 9.58. The molecule has 2 aliphatic rings. The van der Waals surface area contributed by atoms with Gasteiger partial charge in [-0.05, 0) is 62.3 Å². The minimum absolute atomic E-state index is 0.119. The van der Waals surface area contributed by atoms with Crippen molar-refractivity contribution in [1.82, 2.24) is 0 Å². The van der Waals surface area contributed by atoms with Gasteiger partial charge in [0.05, 0.1) is 14.2 Å². The lowest BCUT2D eigenvalue weighted by molar-refractivity contribution is -0.00535. The molecule has 0 radical (unpaired) electrons. The molecule has 0 aliphatic heterocycles. The summed E-state index contributed by atoms with van der Waals surface area (Å²) in [5, 5.41) is 11.0. The molecule has 0 heterocycles. The Labute approximate surface area is 147 Å². The van der Waals surface area contributed by atoms with Gasteiger partial charge in [-0.3, -0.25) is 0 Å². The van der Waals surface area contributed by atoms with Crippen molar-refractivity contribution in [1.29, 1.82) is 0 Å². The second kappa shape index (κ2) is 5.93. The molecule has 0 aromatic carbocycles. The lowest BCUT2D eigenvalue weighted by atomic mass is 9.70. The van der Waals surface area contributed by atoms with Crippen LogP contribution in [0.1, 0.15) is 33.6 Å². The minimum atomic E-state index is -1.10. The van der Waals surface area contributed by atoms with Crippen molar-refractivity contribution in [2.24, 2.45) is 22.7 Å². The molecule has 130 valence electrons. The fourth-order valence-electron chi connectivity index (χ4n) is 4.81. The number of hydrogen-bond donors (Lipinski definition) is 1. The Kier molecular flexibility index (Phi) is 5.14. The molecular weight excluding hydrogens is 372 g/mol. The van der Waals surface area contributed by atoms with Gasteiger partial charge in [0.25, 0.3) is 0 Å². The van der Waals surface area contributed by atoms with Crippen molar-refractivity contribution < 1.29 is 5.11 Å². The van der Waals surface area contributed by atoms with Gasteiger partial charge in [-0.15, -0.1) is 0 Å². The molecule has 0 aromatic rings. The van der Waals surface area contributed by atoms with E-state index < -0.39 is 16.5 Å². The maximum atomic E-state index is 11.0. The van der Waals surface area contributed by atoms with Gasteiger partial charge in [-0.25, -0.2) is 0 Å². The number of halogens is 1. The van der Waals surface area contributed by atoms with E-state index in [4.69, 9.17) is 0 Å². The quantitative estimate of drug-likeness (QED) is 0.589. The molecule has 0 amide bonds. The zero-order chi connectivity index (χ0) is 17.0. The third kappa shape index (κ3) is 3.40. The summed E-state index contributed by atoms with van der Waals surface area (Å²) >= 11 is 4.05. The minimum Gasteiger partial charge on any atom is -0.392 e. The van der Waals surface area contributed by atoms with E-state index >= 15 is 0 Å². The van der Waals surface area contributed by atoms with E-state index in [2.05, 4.69) is 73.3 Å². The lowest BCUT2D eigenvalue weighted by Crippen LogP contribution is -2.38. The highest BCUT2D eigenvalue weighted by atomic mass is 79.9. The number of hydrogen-bond acceptors (Lipinski definition) is 1. The summed E-state index contributed by atoms with van der Waals surface area (Å²) < 4.78 is 0. The Balaban J connectivity index is 2.06. The molecule has 2 rings (SSSR count). The number of aliphatic hydroxyl groups excluding tert-OH is 1. The van der Waals surface area contributed by atoms with E-state index in [1.54, 1.807) is 0 Å². The van der Waals surface area contributed by atoms with Crippen LogP contribution in [0.15, 0.2) is 11.8 Å². The van der Waals surface area contributed by atoms with Crippen LogP contribution in [0.2, 0.25) is 19.6 Å². The van der Waals surface area contributed by atoms with E-state index in [0.717, 1.165) is 11.5 Å². The molecule has 0 spiro atoms. The summed E-state index contributed by atoms with van der Waals surface area (Å²) in [6, 6.07) is 0. The molecular formula is C18H35BrOSSi. The van der Waals surface area contributed by atoms with Crippen molar-refractivity contribution in [2.45, 2.75) is 59.4 Å². The zero-order valence-electron chi connectivity index (χ0n) is 15.4. The molecule has 1 nitrogen and oxygen atoms in total. The first-order valence-corrected chi connectivity index (χ1v) is 16.4. The normalized spacial score (nSPS) is 41.8. The van der Waals surface area contributed by atoms with Crippen LogP contribution < -0.4 is 0 Å². The standard InChI is InChI=1S/C18H35BrOSSi/c1-17(2)15-9-10-18(17,3)16(20)14(15)13-21(4,19)11-8-12-22(5,6)7/h8,12,14-16,20H,9-11,13H2,1-7H3/b12-8+/t14-,15-,16-,18+/m1/s1. The molecule has 2 aliphatic carbocycles. The molecule has 2 bridgehead atoms. The van der Waals surface area contributed by atoms with E-state index in [9.17, 15) is 5.11 Å². The Bertz CT molecular complexity index is 454. The molecule has 22 heavy (non-hydrogen) atoms. The topological polar surface area (TPSA) is 20.2 Å². The molecule has 2 saturated carbocycles. The average Bonchev–Trinajstić information content (AvgIpc) is 2.61. The molecule has 2 fully saturated rings. The lowest BCUT2D eigenvalue weighted by Gasteiger charge is -2.39. The Morgan fingerprint density at radius 3 is 2.32 bits per heavy atom. The van der Waals surface area contributed by atoms with Gasteiger partial charge in [0, 0.05) is 5.75 Å². The predicted octanol–water partition coefficient (Wildman–Crippen LogP) is 5.60. The third-order valence-electron chi connectivity index (χ3n) is 6.55. The highest BCUT2D eigenvalue weighted by Gasteiger charge is 2.65. The van der Waals surface area contributed by atoms with E-state index in [1.807, 2.05) is 0 Å². The summed E-state index contributed by atoms with van der Waals surface area (Å²) in [7, 11) is -1.93. The SMILES string of the molecule is CC1(C)[C@@H]2CC[C@@]1(C)[C@H](O)[C@@H]2CS(C)(Br)C/C=C/[Si](C)(C)C. The van der Waals surface area contributed by atoms with Crippen LogP contribution in [0.3, 0.4) is 0 Å². The smallest absolute Gasteiger partial charge is 0.0683 e. The monoisotopic (exact) mass is 406 g/mol. The maximum absolute atomic E-state index is 11.0. The van der Waals surface area contributed by atoms with Crippen LogP contribution in [0.4, 0.5) is 0 Å². The predicted molar refractivity (Wildman–Crippen MR) is 109 cm³/mol. The molecule has 1 N–H and O–H groups in total. The van der Waals surface area contributed by atoms with Gasteiger partial charge in [0.15, 0.2) is 0 Å². The van der Waals surface area contributed by atoms with Crippen LogP contribution >= 0.6 is 23.3 Å². The second-order valence-corrected chi connectivity index (χ2v) is 22.4. The van der Waals surface area contributed by atoms with Crippen molar-refractivity contribution >= 4 is 31.3 Å². The van der Waals surface area contributed by atoms with Crippen molar-refractivity contribution in [2.75, 3.05) is 17.8 Å². The van der Waals surface area contributed by atoms with Crippen molar-refractivity contribution in [3.63, 3.8) is 0 Å². The Morgan fingerprint density at radius 1 is 1.27 bits per heavy atom. The van der Waals surface area contributed by atoms with Crippen molar-refractivity contribution in [3.8, 4) is 0 Å². The van der Waals surface area contributed by atoms with Gasteiger partial charge in [-0.1, -0.05) is 52.2 Å². The molecule has 0 aromatic heterocycles. The summed E-state index contributed by atoms with van der Waals surface area (Å²) in [5.41, 5.74) is 2.87. The number of rotatable bonds is 5. The van der Waals surface area contributed by atoms with Gasteiger partial charge in [0.1, 0.15) is 0 Å². The van der Waals surface area contributed by atoms with Crippen LogP contribution in [-0.4, -0.2) is 37.0 Å². The summed E-state index contributed by atoms with van der Waals surface area (Å²) in [6.45, 7) is 14.2. The van der Waals surface area contributed by atoms with Crippen LogP contribution in [0.25, 0.3) is 0 Å². The first-order valence-electron chi connectivity index (χ1n) is 8.59. The summed E-state index contributed by atoms with van der Waals surface area (Å²) in [5.74, 6) is 3.48. The Morgan fingerprint density at radius 2 is 1.86 bits per heavy atom. The zero-order valence-corrected chi connectivity index (χ0v) is 18.9. The average molecular weight is 408 g/mol. The van der Waals surface area contributed by atoms with Gasteiger partial charge < -0.3 is 5.11 Å². The molecule has 1 unspecified atom stereocenters. The van der Waals surface area contributed by atoms with Crippen molar-refractivity contribution in [3.05, 3.63) is 11.8 Å². The van der Waals surface area contributed by atoms with Crippen LogP contribution in [0.5, 0.6) is 0 Å². The van der Waals surface area contributed by atoms with E-state index in [0.29, 0.717) is 11.8 Å². The van der Waals surface area contributed by atoms with E-state index in [1.165, 1.54) is 12.8 Å². The van der Waals surface area contributed by atoms with E-state index in [-0.39, 0.29) is 16.9 Å². The highest BCUT2D eigenvalue weighted by Crippen LogP contribution is 2.70. The number of fused-ring (bicyclic) bond motifs is 2. The fraction of sp³-hybridized carbons (Fsp3) is 0.889.